The van der Waals surface area contributed by atoms with Crippen LogP contribution in [0.1, 0.15) is 17.0 Å². The Hall–Kier alpha value is -1.53. The highest BCUT2D eigenvalue weighted by molar-refractivity contribution is 5.69. The average Bonchev–Trinajstić information content (AvgIpc) is 2.69. The van der Waals surface area contributed by atoms with Crippen molar-refractivity contribution in [3.05, 3.63) is 5.82 Å². The molecule has 0 aromatic carbocycles. The van der Waals surface area contributed by atoms with Gasteiger partial charge in [0, 0.05) is 20.0 Å². The SMILES string of the molecule is Cn1nc(N2CCC(F)(F)C2)nc1C=O. The zero-order valence-electron chi connectivity index (χ0n) is 8.15. The molecule has 1 aromatic heterocycles. The molecule has 82 valence electrons. The molecule has 7 heteroatoms. The molecule has 1 aliphatic rings. The van der Waals surface area contributed by atoms with Gasteiger partial charge in [0.25, 0.3) is 5.92 Å². The second-order valence-electron chi connectivity index (χ2n) is 3.54. The van der Waals surface area contributed by atoms with E-state index >= 15 is 0 Å². The number of halogens is 2. The summed E-state index contributed by atoms with van der Waals surface area (Å²) in [6.07, 6.45) is 0.354. The van der Waals surface area contributed by atoms with Crippen LogP contribution in [0.4, 0.5) is 14.7 Å². The van der Waals surface area contributed by atoms with Crippen molar-refractivity contribution in [2.45, 2.75) is 12.3 Å². The van der Waals surface area contributed by atoms with Crippen LogP contribution in [-0.2, 0) is 7.05 Å². The molecule has 0 spiro atoms. The van der Waals surface area contributed by atoms with Crippen molar-refractivity contribution < 1.29 is 13.6 Å². The summed E-state index contributed by atoms with van der Waals surface area (Å²) in [6.45, 7) is -0.162. The van der Waals surface area contributed by atoms with Gasteiger partial charge in [-0.05, 0) is 0 Å². The van der Waals surface area contributed by atoms with Gasteiger partial charge in [0.15, 0.2) is 12.1 Å². The third-order valence-electron chi connectivity index (χ3n) is 2.34. The first-order valence-electron chi connectivity index (χ1n) is 4.51. The van der Waals surface area contributed by atoms with E-state index in [4.69, 9.17) is 0 Å². The highest BCUT2D eigenvalue weighted by Crippen LogP contribution is 2.28. The summed E-state index contributed by atoms with van der Waals surface area (Å²) >= 11 is 0. The van der Waals surface area contributed by atoms with Crippen LogP contribution in [0.3, 0.4) is 0 Å². The first-order chi connectivity index (χ1) is 7.02. The van der Waals surface area contributed by atoms with Gasteiger partial charge in [-0.25, -0.2) is 13.5 Å². The Morgan fingerprint density at radius 1 is 1.53 bits per heavy atom. The monoisotopic (exact) mass is 216 g/mol. The molecule has 0 unspecified atom stereocenters. The van der Waals surface area contributed by atoms with Crippen LogP contribution < -0.4 is 4.90 Å². The van der Waals surface area contributed by atoms with Crippen molar-refractivity contribution in [3.63, 3.8) is 0 Å². The smallest absolute Gasteiger partial charge is 0.267 e. The van der Waals surface area contributed by atoms with Crippen LogP contribution in [-0.4, -0.2) is 40.1 Å². The maximum absolute atomic E-state index is 12.9. The van der Waals surface area contributed by atoms with Crippen LogP contribution in [0.25, 0.3) is 0 Å². The van der Waals surface area contributed by atoms with Crippen molar-refractivity contribution in [3.8, 4) is 0 Å². The van der Waals surface area contributed by atoms with Crippen molar-refractivity contribution >= 4 is 12.2 Å². The predicted octanol–water partition coefficient (Wildman–Crippen LogP) is 0.473. The lowest BCUT2D eigenvalue weighted by molar-refractivity contribution is 0.0256. The summed E-state index contributed by atoms with van der Waals surface area (Å²) in [5, 5.41) is 3.90. The third-order valence-corrected chi connectivity index (χ3v) is 2.34. The fourth-order valence-electron chi connectivity index (χ4n) is 1.53. The Morgan fingerprint density at radius 3 is 2.73 bits per heavy atom. The molecular weight excluding hydrogens is 206 g/mol. The first kappa shape index (κ1) is 10.0. The van der Waals surface area contributed by atoms with Gasteiger partial charge in [-0.15, -0.1) is 5.10 Å². The molecule has 0 radical (unpaired) electrons. The molecule has 1 aliphatic heterocycles. The van der Waals surface area contributed by atoms with Crippen LogP contribution >= 0.6 is 0 Å². The molecule has 1 fully saturated rings. The first-order valence-corrected chi connectivity index (χ1v) is 4.51. The molecule has 1 aromatic rings. The molecule has 0 N–H and O–H groups in total. The second-order valence-corrected chi connectivity index (χ2v) is 3.54. The zero-order valence-corrected chi connectivity index (χ0v) is 8.15. The molecule has 1 saturated heterocycles. The lowest BCUT2D eigenvalue weighted by Crippen LogP contribution is -2.25. The average molecular weight is 216 g/mol. The zero-order chi connectivity index (χ0) is 11.1. The van der Waals surface area contributed by atoms with Gasteiger partial charge in [-0.3, -0.25) is 4.79 Å². The van der Waals surface area contributed by atoms with E-state index in [9.17, 15) is 13.6 Å². The largest absolute Gasteiger partial charge is 0.333 e. The van der Waals surface area contributed by atoms with Gasteiger partial charge in [-0.1, -0.05) is 0 Å². The Bertz CT molecular complexity index is 390. The summed E-state index contributed by atoms with van der Waals surface area (Å²) in [6, 6.07) is 0. The number of aryl methyl sites for hydroxylation is 1. The number of carbonyl (C=O) groups is 1. The van der Waals surface area contributed by atoms with E-state index in [0.717, 1.165) is 0 Å². The molecule has 5 nitrogen and oxygen atoms in total. The van der Waals surface area contributed by atoms with Gasteiger partial charge < -0.3 is 4.90 Å². The van der Waals surface area contributed by atoms with E-state index in [2.05, 4.69) is 10.1 Å². The van der Waals surface area contributed by atoms with Gasteiger partial charge in [-0.2, -0.15) is 4.98 Å². The molecule has 2 heterocycles. The van der Waals surface area contributed by atoms with E-state index in [1.807, 2.05) is 0 Å². The van der Waals surface area contributed by atoms with Crippen LogP contribution in [0.5, 0.6) is 0 Å². The van der Waals surface area contributed by atoms with E-state index in [1.54, 1.807) is 7.05 Å². The maximum Gasteiger partial charge on any atom is 0.267 e. The summed E-state index contributed by atoms with van der Waals surface area (Å²) < 4.78 is 27.1. The normalized spacial score (nSPS) is 19.5. The van der Waals surface area contributed by atoms with E-state index in [-0.39, 0.29) is 31.3 Å². The minimum Gasteiger partial charge on any atom is -0.333 e. The Morgan fingerprint density at radius 2 is 2.27 bits per heavy atom. The van der Waals surface area contributed by atoms with E-state index in [0.29, 0.717) is 6.29 Å². The number of rotatable bonds is 2. The second kappa shape index (κ2) is 3.25. The number of hydrogen-bond acceptors (Lipinski definition) is 4. The molecule has 0 saturated carbocycles. The fourth-order valence-corrected chi connectivity index (χ4v) is 1.53. The van der Waals surface area contributed by atoms with Crippen molar-refractivity contribution in [2.24, 2.45) is 7.05 Å². The third kappa shape index (κ3) is 1.81. The van der Waals surface area contributed by atoms with Gasteiger partial charge in [0.1, 0.15) is 0 Å². The van der Waals surface area contributed by atoms with Gasteiger partial charge in [0.05, 0.1) is 6.54 Å². The number of aldehydes is 1. The lowest BCUT2D eigenvalue weighted by atomic mass is 10.3. The summed E-state index contributed by atoms with van der Waals surface area (Å²) in [5.74, 6) is -2.35. The molecule has 0 bridgehead atoms. The number of alkyl halides is 2. The Labute approximate surface area is 84.7 Å². The molecule has 0 atom stereocenters. The highest BCUT2D eigenvalue weighted by atomic mass is 19.3. The number of nitrogens with zero attached hydrogens (tertiary/aromatic N) is 4. The minimum atomic E-state index is -2.68. The fraction of sp³-hybridized carbons (Fsp3) is 0.625. The quantitative estimate of drug-likeness (QED) is 0.674. The summed E-state index contributed by atoms with van der Waals surface area (Å²) in [5.41, 5.74) is 0. The Kier molecular flexibility index (Phi) is 2.17. The summed E-state index contributed by atoms with van der Waals surface area (Å²) in [4.78, 5) is 15.7. The van der Waals surface area contributed by atoms with Gasteiger partial charge in [0.2, 0.25) is 5.95 Å². The number of anilines is 1. The highest BCUT2D eigenvalue weighted by Gasteiger charge is 2.39. The molecule has 2 rings (SSSR count). The molecular formula is C8H10F2N4O. The topological polar surface area (TPSA) is 51.0 Å². The number of hydrogen-bond donors (Lipinski definition) is 0. The maximum atomic E-state index is 12.9. The van der Waals surface area contributed by atoms with E-state index in [1.165, 1.54) is 9.58 Å². The van der Waals surface area contributed by atoms with Crippen molar-refractivity contribution in [1.29, 1.82) is 0 Å². The summed E-state index contributed by atoms with van der Waals surface area (Å²) in [7, 11) is 1.55. The predicted molar refractivity (Wildman–Crippen MR) is 48.2 cm³/mol. The van der Waals surface area contributed by atoms with Crippen LogP contribution in [0, 0.1) is 0 Å². The molecule has 0 aliphatic carbocycles. The minimum absolute atomic E-state index is 0.139. The lowest BCUT2D eigenvalue weighted by Gasteiger charge is -2.12. The standard InChI is InChI=1S/C8H10F2N4O/c1-13-6(4-15)11-7(12-13)14-3-2-8(9,10)5-14/h4H,2-3,5H2,1H3. The molecule has 0 amide bonds. The van der Waals surface area contributed by atoms with Crippen molar-refractivity contribution in [1.82, 2.24) is 14.8 Å². The van der Waals surface area contributed by atoms with Crippen LogP contribution in [0.2, 0.25) is 0 Å². The number of aromatic nitrogens is 3. The Balaban J connectivity index is 2.20. The number of carbonyl (C=O) groups excluding carboxylic acids is 1. The van der Waals surface area contributed by atoms with Gasteiger partial charge >= 0.3 is 0 Å². The van der Waals surface area contributed by atoms with Crippen LogP contribution in [0.15, 0.2) is 0 Å². The molecule has 15 heavy (non-hydrogen) atoms. The van der Waals surface area contributed by atoms with E-state index < -0.39 is 5.92 Å². The van der Waals surface area contributed by atoms with Crippen molar-refractivity contribution in [2.75, 3.05) is 18.0 Å².